The van der Waals surface area contributed by atoms with E-state index < -0.39 is 26.6 Å². The number of rotatable bonds is 4. The lowest BCUT2D eigenvalue weighted by Crippen LogP contribution is -2.53. The highest BCUT2D eigenvalue weighted by Gasteiger charge is 2.17. The number of guanidine groups is 1. The van der Waals surface area contributed by atoms with Crippen LogP contribution in [-0.2, 0) is 10.0 Å². The van der Waals surface area contributed by atoms with Gasteiger partial charge < -0.3 is 16.7 Å². The smallest absolute Gasteiger partial charge is 0.369 e. The number of azo groups is 1. The Balaban J connectivity index is 0.000000960. The first-order valence-corrected chi connectivity index (χ1v) is 8.70. The predicted octanol–water partition coefficient (Wildman–Crippen LogP) is -2.56. The van der Waals surface area contributed by atoms with Crippen molar-refractivity contribution in [1.29, 1.82) is 0 Å². The number of hydrogen-bond acceptors (Lipinski definition) is 7. The molecule has 2 aromatic rings. The fourth-order valence-corrected chi connectivity index (χ4v) is 2.68. The Morgan fingerprint density at radius 2 is 1.76 bits per heavy atom. The molecule has 0 aliphatic rings. The van der Waals surface area contributed by atoms with Crippen molar-refractivity contribution in [2.75, 3.05) is 0 Å². The Kier molecular flexibility index (Phi) is 7.13. The fraction of sp³-hybridized carbons (Fsp3) is 0.0833. The molecule has 0 amide bonds. The first-order valence-electron chi connectivity index (χ1n) is 7.26. The summed E-state index contributed by atoms with van der Waals surface area (Å²) in [7, 11) is -3.99. The van der Waals surface area contributed by atoms with E-state index in [-0.39, 0.29) is 16.5 Å². The van der Waals surface area contributed by atoms with Gasteiger partial charge in [0, 0.05) is 0 Å². The van der Waals surface area contributed by atoms with Crippen LogP contribution in [0.15, 0.2) is 48.6 Å². The summed E-state index contributed by atoms with van der Waals surface area (Å²) in [4.78, 5) is 20.3. The number of aromatic amines is 1. The topological polar surface area (TPSA) is 276 Å². The van der Waals surface area contributed by atoms with Gasteiger partial charge in [-0.1, -0.05) is 4.68 Å². The SMILES string of the molecule is Cc1[nH]n(C(N)=[NH2+])c(=O)c1N=Nc1ccc(S(=O)(=O)N=C(N)N)cc1.O=[N+]([O-])O. The van der Waals surface area contributed by atoms with Crippen LogP contribution in [0.5, 0.6) is 0 Å². The first kappa shape index (κ1) is 22.8. The molecule has 0 radical (unpaired) electrons. The van der Waals surface area contributed by atoms with E-state index in [1.165, 1.54) is 24.3 Å². The molecule has 29 heavy (non-hydrogen) atoms. The number of sulfonamides is 1. The lowest BCUT2D eigenvalue weighted by Gasteiger charge is -1.99. The summed E-state index contributed by atoms with van der Waals surface area (Å²) in [6.07, 6.45) is 0. The summed E-state index contributed by atoms with van der Waals surface area (Å²) < 4.78 is 27.7. The Labute approximate surface area is 162 Å². The minimum Gasteiger partial charge on any atom is -0.369 e. The number of nitrogens with two attached hydrogens (primary N) is 4. The number of benzene rings is 1. The van der Waals surface area contributed by atoms with Crippen LogP contribution in [0.2, 0.25) is 0 Å². The third-order valence-corrected chi connectivity index (χ3v) is 4.24. The van der Waals surface area contributed by atoms with Gasteiger partial charge >= 0.3 is 11.5 Å². The van der Waals surface area contributed by atoms with Gasteiger partial charge in [-0.3, -0.25) is 11.1 Å². The number of hydrogen-bond donors (Lipinski definition) is 6. The Morgan fingerprint density at radius 1 is 1.24 bits per heavy atom. The van der Waals surface area contributed by atoms with Crippen molar-refractivity contribution in [2.45, 2.75) is 11.8 Å². The van der Waals surface area contributed by atoms with Gasteiger partial charge in [0.15, 0.2) is 5.69 Å². The van der Waals surface area contributed by atoms with E-state index >= 15 is 0 Å². The molecule has 16 nitrogen and oxygen atoms in total. The molecule has 10 N–H and O–H groups in total. The van der Waals surface area contributed by atoms with Gasteiger partial charge in [-0.2, -0.15) is 13.5 Å². The van der Waals surface area contributed by atoms with Crippen LogP contribution in [-0.4, -0.2) is 40.4 Å². The van der Waals surface area contributed by atoms with Crippen molar-refractivity contribution in [1.82, 2.24) is 9.78 Å². The highest BCUT2D eigenvalue weighted by Crippen LogP contribution is 2.20. The lowest BCUT2D eigenvalue weighted by molar-refractivity contribution is -0.742. The molecule has 17 heteroatoms. The van der Waals surface area contributed by atoms with E-state index in [1.807, 2.05) is 0 Å². The zero-order chi connectivity index (χ0) is 22.4. The molecule has 0 saturated carbocycles. The molecule has 0 atom stereocenters. The zero-order valence-corrected chi connectivity index (χ0v) is 15.6. The van der Waals surface area contributed by atoms with Crippen molar-refractivity contribution < 1.29 is 24.1 Å². The molecule has 0 aliphatic carbocycles. The fourth-order valence-electron chi connectivity index (χ4n) is 1.82. The molecule has 1 aromatic carbocycles. The normalized spacial score (nSPS) is 10.8. The summed E-state index contributed by atoms with van der Waals surface area (Å²) in [5, 5.41) is 29.4. The number of aryl methyl sites for hydroxylation is 1. The van der Waals surface area contributed by atoms with Crippen LogP contribution in [0, 0.1) is 17.0 Å². The van der Waals surface area contributed by atoms with Gasteiger partial charge in [0.25, 0.3) is 15.1 Å². The van der Waals surface area contributed by atoms with Gasteiger partial charge in [-0.25, -0.2) is 9.89 Å². The van der Waals surface area contributed by atoms with Crippen molar-refractivity contribution >= 4 is 33.3 Å². The number of H-pyrrole nitrogens is 1. The quantitative estimate of drug-likeness (QED) is 0.0977. The Bertz CT molecular complexity index is 1120. The van der Waals surface area contributed by atoms with Gasteiger partial charge in [0.05, 0.1) is 16.3 Å². The second-order valence-electron chi connectivity index (χ2n) is 5.07. The summed E-state index contributed by atoms with van der Waals surface area (Å²) in [5.74, 6) is -0.803. The standard InChI is InChI=1S/C12H15N9O3S.HNO3/c1-6-9(10(22)21(19-6)12(15)16)18-17-7-2-4-8(5-3-7)25(23,24)20-11(13)14;2-1(3)4/h2-5,19H,1H3,(H3,15,16)(H4,13,14,20);(H,2,3,4)/p+1. The Morgan fingerprint density at radius 3 is 2.17 bits per heavy atom. The van der Waals surface area contributed by atoms with Gasteiger partial charge in [-0.05, 0) is 31.2 Å². The minimum absolute atomic E-state index is 0.0191. The average Bonchev–Trinajstić information content (AvgIpc) is 2.86. The summed E-state index contributed by atoms with van der Waals surface area (Å²) in [5.41, 5.74) is 15.7. The van der Waals surface area contributed by atoms with E-state index in [0.29, 0.717) is 11.4 Å². The molecular formula is C12H17N10O6S+. The van der Waals surface area contributed by atoms with Crippen LogP contribution in [0.1, 0.15) is 5.69 Å². The molecule has 0 fully saturated rings. The second-order valence-corrected chi connectivity index (χ2v) is 6.68. The minimum atomic E-state index is -3.99. The molecule has 2 rings (SSSR count). The van der Waals surface area contributed by atoms with E-state index in [4.69, 9.17) is 37.9 Å². The maximum atomic E-state index is 12.0. The number of nitrogens with zero attached hydrogens (tertiary/aromatic N) is 5. The van der Waals surface area contributed by atoms with Gasteiger partial charge in [0.1, 0.15) is 0 Å². The lowest BCUT2D eigenvalue weighted by atomic mass is 10.3. The first-order chi connectivity index (χ1) is 13.3. The van der Waals surface area contributed by atoms with E-state index in [2.05, 4.69) is 19.7 Å². The zero-order valence-electron chi connectivity index (χ0n) is 14.8. The third-order valence-electron chi connectivity index (χ3n) is 2.92. The van der Waals surface area contributed by atoms with Crippen LogP contribution in [0.25, 0.3) is 0 Å². The van der Waals surface area contributed by atoms with Crippen LogP contribution in [0.3, 0.4) is 0 Å². The van der Waals surface area contributed by atoms with Gasteiger partial charge in [0.2, 0.25) is 5.96 Å². The average molecular weight is 429 g/mol. The molecule has 0 spiro atoms. The predicted molar refractivity (Wildman–Crippen MR) is 98.7 cm³/mol. The summed E-state index contributed by atoms with van der Waals surface area (Å²) in [6.45, 7) is 1.60. The second kappa shape index (κ2) is 9.08. The molecule has 0 saturated heterocycles. The van der Waals surface area contributed by atoms with Crippen LogP contribution < -0.4 is 28.2 Å². The van der Waals surface area contributed by atoms with Crippen molar-refractivity contribution in [3.8, 4) is 0 Å². The summed E-state index contributed by atoms with van der Waals surface area (Å²) >= 11 is 0. The summed E-state index contributed by atoms with van der Waals surface area (Å²) in [6, 6.07) is 5.26. The van der Waals surface area contributed by atoms with Crippen molar-refractivity contribution in [2.24, 2.45) is 31.8 Å². The van der Waals surface area contributed by atoms with E-state index in [0.717, 1.165) is 4.68 Å². The maximum Gasteiger partial charge on any atom is 0.371 e. The number of aromatic nitrogens is 2. The highest BCUT2D eigenvalue weighted by atomic mass is 32.2. The highest BCUT2D eigenvalue weighted by molar-refractivity contribution is 7.90. The molecule has 0 aliphatic heterocycles. The van der Waals surface area contributed by atoms with Crippen molar-refractivity contribution in [3.05, 3.63) is 50.4 Å². The molecule has 156 valence electrons. The monoisotopic (exact) mass is 429 g/mol. The largest absolute Gasteiger partial charge is 0.371 e. The van der Waals surface area contributed by atoms with E-state index in [9.17, 15) is 13.2 Å². The molecule has 0 unspecified atom stereocenters. The van der Waals surface area contributed by atoms with Gasteiger partial charge in [-0.15, -0.1) is 19.6 Å². The maximum absolute atomic E-state index is 12.0. The van der Waals surface area contributed by atoms with Crippen molar-refractivity contribution in [3.63, 3.8) is 0 Å². The Hall–Kier alpha value is -4.28. The molecular weight excluding hydrogens is 412 g/mol. The third kappa shape index (κ3) is 6.43. The number of nitrogens with one attached hydrogen (secondary N) is 1. The van der Waals surface area contributed by atoms with Crippen LogP contribution >= 0.6 is 0 Å². The molecule has 1 heterocycles. The molecule has 1 aromatic heterocycles. The molecule has 0 bridgehead atoms. The van der Waals surface area contributed by atoms with Crippen LogP contribution in [0.4, 0.5) is 11.4 Å². The van der Waals surface area contributed by atoms with E-state index in [1.54, 1.807) is 6.92 Å².